The molecule has 0 nitrogen and oxygen atoms in total. The molecule has 0 bridgehead atoms. The molecule has 0 N–H and O–H groups in total. The van der Waals surface area contributed by atoms with E-state index in [0.717, 1.165) is 24.7 Å². The van der Waals surface area contributed by atoms with Gasteiger partial charge in [0.25, 0.3) is 0 Å². The number of alkyl halides is 1. The van der Waals surface area contributed by atoms with E-state index in [9.17, 15) is 4.39 Å². The van der Waals surface area contributed by atoms with Gasteiger partial charge in [0.1, 0.15) is 0 Å². The Labute approximate surface area is 100 Å². The first kappa shape index (κ1) is 13.7. The van der Waals surface area contributed by atoms with E-state index >= 15 is 0 Å². The molecule has 0 saturated carbocycles. The van der Waals surface area contributed by atoms with Crippen LogP contribution < -0.4 is 0 Å². The predicted molar refractivity (Wildman–Crippen MR) is 69.2 cm³/mol. The van der Waals surface area contributed by atoms with Crippen LogP contribution in [0.4, 0.5) is 4.39 Å². The highest BCUT2D eigenvalue weighted by Gasteiger charge is 2.18. The molecule has 0 spiro atoms. The SMILES string of the molecule is CC(C)[C@H]1CC[C@@H](CF)C/C=C/[C@@H](C)CC1. The third kappa shape index (κ3) is 4.67. The zero-order valence-corrected chi connectivity index (χ0v) is 11.1. The summed E-state index contributed by atoms with van der Waals surface area (Å²) in [7, 11) is 0. The van der Waals surface area contributed by atoms with Crippen LogP contribution in [0, 0.1) is 23.7 Å². The smallest absolute Gasteiger partial charge is 0.0925 e. The molecule has 0 fully saturated rings. The number of allylic oxidation sites excluding steroid dienone is 2. The van der Waals surface area contributed by atoms with Crippen molar-refractivity contribution >= 4 is 0 Å². The Morgan fingerprint density at radius 3 is 2.50 bits per heavy atom. The van der Waals surface area contributed by atoms with E-state index in [-0.39, 0.29) is 12.6 Å². The van der Waals surface area contributed by atoms with Crippen molar-refractivity contribution < 1.29 is 4.39 Å². The van der Waals surface area contributed by atoms with E-state index in [0.29, 0.717) is 5.92 Å². The summed E-state index contributed by atoms with van der Waals surface area (Å²) < 4.78 is 12.8. The van der Waals surface area contributed by atoms with Gasteiger partial charge in [0.05, 0.1) is 6.67 Å². The van der Waals surface area contributed by atoms with Crippen molar-refractivity contribution in [2.24, 2.45) is 23.7 Å². The lowest BCUT2D eigenvalue weighted by Gasteiger charge is -2.24. The second-order valence-electron chi connectivity index (χ2n) is 5.82. The molecule has 0 amide bonds. The molecule has 1 heteroatoms. The Balaban J connectivity index is 2.58. The molecule has 0 heterocycles. The van der Waals surface area contributed by atoms with Crippen molar-refractivity contribution in [3.05, 3.63) is 12.2 Å². The maximum absolute atomic E-state index is 12.8. The standard InChI is InChI=1S/C15H27F/c1-12(2)15-9-7-13(3)5-4-6-14(11-16)8-10-15/h4-5,12-15H,6-11H2,1-3H3/b5-4+/t13-,14+,15-/m1/s1. The van der Waals surface area contributed by atoms with Gasteiger partial charge in [-0.2, -0.15) is 0 Å². The third-order valence-corrected chi connectivity index (χ3v) is 4.03. The molecule has 1 aliphatic carbocycles. The first-order valence-corrected chi connectivity index (χ1v) is 6.86. The molecular weight excluding hydrogens is 199 g/mol. The average molecular weight is 226 g/mol. The Bertz CT molecular complexity index is 207. The second kappa shape index (κ2) is 7.09. The van der Waals surface area contributed by atoms with Crippen LogP contribution >= 0.6 is 0 Å². The topological polar surface area (TPSA) is 0 Å². The molecule has 0 unspecified atom stereocenters. The Kier molecular flexibility index (Phi) is 6.08. The lowest BCUT2D eigenvalue weighted by molar-refractivity contribution is 0.262. The Hall–Kier alpha value is -0.330. The van der Waals surface area contributed by atoms with Gasteiger partial charge in [-0.25, -0.2) is 0 Å². The van der Waals surface area contributed by atoms with Crippen LogP contribution in [-0.2, 0) is 0 Å². The summed E-state index contributed by atoms with van der Waals surface area (Å²) in [6.07, 6.45) is 10.3. The summed E-state index contributed by atoms with van der Waals surface area (Å²) in [5, 5.41) is 0. The van der Waals surface area contributed by atoms with Gasteiger partial charge in [-0.1, -0.05) is 32.9 Å². The van der Waals surface area contributed by atoms with Crippen LogP contribution in [0.5, 0.6) is 0 Å². The maximum atomic E-state index is 12.8. The minimum Gasteiger partial charge on any atom is -0.251 e. The highest BCUT2D eigenvalue weighted by atomic mass is 19.1. The Morgan fingerprint density at radius 1 is 1.19 bits per heavy atom. The minimum atomic E-state index is -0.149. The maximum Gasteiger partial charge on any atom is 0.0925 e. The number of halogens is 1. The summed E-state index contributed by atoms with van der Waals surface area (Å²) in [5.74, 6) is 2.47. The van der Waals surface area contributed by atoms with Crippen molar-refractivity contribution in [2.75, 3.05) is 6.67 Å². The molecule has 3 atom stereocenters. The van der Waals surface area contributed by atoms with E-state index in [2.05, 4.69) is 32.9 Å². The predicted octanol–water partition coefficient (Wildman–Crippen LogP) is 5.00. The molecule has 94 valence electrons. The summed E-state index contributed by atoms with van der Waals surface area (Å²) in [5.41, 5.74) is 0. The lowest BCUT2D eigenvalue weighted by atomic mass is 9.81. The highest BCUT2D eigenvalue weighted by molar-refractivity contribution is 4.89. The van der Waals surface area contributed by atoms with Crippen molar-refractivity contribution in [3.8, 4) is 0 Å². The molecule has 16 heavy (non-hydrogen) atoms. The highest BCUT2D eigenvalue weighted by Crippen LogP contribution is 2.29. The van der Waals surface area contributed by atoms with Crippen LogP contribution in [0.2, 0.25) is 0 Å². The van der Waals surface area contributed by atoms with Crippen molar-refractivity contribution in [2.45, 2.75) is 52.9 Å². The van der Waals surface area contributed by atoms with Gasteiger partial charge in [-0.15, -0.1) is 0 Å². The van der Waals surface area contributed by atoms with Crippen LogP contribution in [0.25, 0.3) is 0 Å². The fraction of sp³-hybridized carbons (Fsp3) is 0.867. The van der Waals surface area contributed by atoms with Gasteiger partial charge < -0.3 is 0 Å². The molecule has 0 saturated heterocycles. The molecule has 0 aromatic heterocycles. The first-order valence-electron chi connectivity index (χ1n) is 6.86. The van der Waals surface area contributed by atoms with Gasteiger partial charge in [0, 0.05) is 0 Å². The minimum absolute atomic E-state index is 0.149. The Morgan fingerprint density at radius 2 is 1.88 bits per heavy atom. The second-order valence-corrected chi connectivity index (χ2v) is 5.82. The fourth-order valence-electron chi connectivity index (χ4n) is 2.60. The van der Waals surface area contributed by atoms with Crippen molar-refractivity contribution in [1.82, 2.24) is 0 Å². The summed E-state index contributed by atoms with van der Waals surface area (Å²) in [6.45, 7) is 6.74. The number of hydrogen-bond acceptors (Lipinski definition) is 0. The quantitative estimate of drug-likeness (QED) is 0.581. The average Bonchev–Trinajstić information content (AvgIpc) is 2.26. The monoisotopic (exact) mass is 226 g/mol. The van der Waals surface area contributed by atoms with E-state index in [1.807, 2.05) is 0 Å². The van der Waals surface area contributed by atoms with Gasteiger partial charge in [0.2, 0.25) is 0 Å². The zero-order chi connectivity index (χ0) is 12.0. The van der Waals surface area contributed by atoms with E-state index in [1.165, 1.54) is 19.3 Å². The van der Waals surface area contributed by atoms with Crippen LogP contribution in [0.15, 0.2) is 12.2 Å². The van der Waals surface area contributed by atoms with Crippen LogP contribution in [-0.4, -0.2) is 6.67 Å². The van der Waals surface area contributed by atoms with E-state index in [4.69, 9.17) is 0 Å². The number of rotatable bonds is 2. The molecule has 1 rings (SSSR count). The molecule has 0 aromatic rings. The molecule has 1 aliphatic rings. The van der Waals surface area contributed by atoms with Gasteiger partial charge >= 0.3 is 0 Å². The van der Waals surface area contributed by atoms with Gasteiger partial charge in [0.15, 0.2) is 0 Å². The summed E-state index contributed by atoms with van der Waals surface area (Å²) in [4.78, 5) is 0. The third-order valence-electron chi connectivity index (χ3n) is 4.03. The van der Waals surface area contributed by atoms with Crippen LogP contribution in [0.3, 0.4) is 0 Å². The van der Waals surface area contributed by atoms with Crippen molar-refractivity contribution in [3.63, 3.8) is 0 Å². The first-order chi connectivity index (χ1) is 7.63. The fourth-order valence-corrected chi connectivity index (χ4v) is 2.60. The lowest BCUT2D eigenvalue weighted by Crippen LogP contribution is -2.14. The van der Waals surface area contributed by atoms with Gasteiger partial charge in [-0.3, -0.25) is 4.39 Å². The zero-order valence-electron chi connectivity index (χ0n) is 11.1. The largest absolute Gasteiger partial charge is 0.251 e. The van der Waals surface area contributed by atoms with Crippen LogP contribution in [0.1, 0.15) is 52.9 Å². The summed E-state index contributed by atoms with van der Waals surface area (Å²) >= 11 is 0. The van der Waals surface area contributed by atoms with Crippen molar-refractivity contribution in [1.29, 1.82) is 0 Å². The number of hydrogen-bond donors (Lipinski definition) is 0. The normalized spacial score (nSPS) is 34.9. The molecule has 0 aliphatic heterocycles. The van der Waals surface area contributed by atoms with E-state index in [1.54, 1.807) is 0 Å². The molecular formula is C15H27F. The van der Waals surface area contributed by atoms with Gasteiger partial charge in [-0.05, 0) is 55.8 Å². The molecule has 0 aromatic carbocycles. The van der Waals surface area contributed by atoms with E-state index < -0.39 is 0 Å². The summed E-state index contributed by atoms with van der Waals surface area (Å²) in [6, 6.07) is 0. The molecule has 0 radical (unpaired) electrons.